The lowest BCUT2D eigenvalue weighted by Gasteiger charge is -2.22. The molecular weight excluding hydrogens is 426 g/mol. The molecule has 0 bridgehead atoms. The molecule has 0 spiro atoms. The van der Waals surface area contributed by atoms with Crippen LogP contribution in [-0.2, 0) is 27.8 Å². The number of hydrogen-bond donors (Lipinski definition) is 1. The van der Waals surface area contributed by atoms with Gasteiger partial charge in [-0.2, -0.15) is 0 Å². The molecule has 0 aliphatic heterocycles. The summed E-state index contributed by atoms with van der Waals surface area (Å²) >= 11 is 1.61. The van der Waals surface area contributed by atoms with Crippen LogP contribution in [0.15, 0.2) is 12.1 Å². The molecule has 2 aromatic rings. The number of carbonyl (C=O) groups is 1. The van der Waals surface area contributed by atoms with Crippen LogP contribution in [0.2, 0.25) is 0 Å². The zero-order valence-electron chi connectivity index (χ0n) is 19.4. The fraction of sp³-hybridized carbons (Fsp3) is 0.600. The summed E-state index contributed by atoms with van der Waals surface area (Å²) in [6, 6.07) is 4.12. The van der Waals surface area contributed by atoms with E-state index in [2.05, 4.69) is 12.1 Å². The number of nitrogens with zero attached hydrogens (tertiary/aromatic N) is 1. The number of hydrogen-bond acceptors (Lipinski definition) is 6. The Morgan fingerprint density at radius 3 is 2.31 bits per heavy atom. The molecule has 0 saturated heterocycles. The van der Waals surface area contributed by atoms with Crippen molar-refractivity contribution in [1.82, 2.24) is 4.98 Å². The van der Waals surface area contributed by atoms with Crippen molar-refractivity contribution in [2.75, 3.05) is 14.2 Å². The highest BCUT2D eigenvalue weighted by Gasteiger charge is 2.54. The average Bonchev–Trinajstić information content (AvgIpc) is 3.26. The third-order valence-corrected chi connectivity index (χ3v) is 7.81. The van der Waals surface area contributed by atoms with Crippen LogP contribution in [0.4, 0.5) is 0 Å². The van der Waals surface area contributed by atoms with Gasteiger partial charge in [0.25, 0.3) is 0 Å². The average molecular weight is 460 g/mol. The number of thiazole rings is 1. The largest absolute Gasteiger partial charge is 0.496 e. The molecule has 174 valence electrons. The normalized spacial score (nSPS) is 18.5. The van der Waals surface area contributed by atoms with E-state index in [0.717, 1.165) is 57.5 Å². The fourth-order valence-electron chi connectivity index (χ4n) is 4.84. The molecule has 1 aromatic carbocycles. The van der Waals surface area contributed by atoms with Gasteiger partial charge in [0.1, 0.15) is 16.9 Å². The first-order valence-corrected chi connectivity index (χ1v) is 12.2. The van der Waals surface area contributed by atoms with Crippen molar-refractivity contribution in [3.8, 4) is 11.5 Å². The monoisotopic (exact) mass is 459 g/mol. The number of aliphatic carboxylic acids is 1. The predicted octanol–water partition coefficient (Wildman–Crippen LogP) is 5.01. The fourth-order valence-corrected chi connectivity index (χ4v) is 5.94. The van der Waals surface area contributed by atoms with Gasteiger partial charge in [0.05, 0.1) is 37.1 Å². The number of benzene rings is 1. The predicted molar refractivity (Wildman–Crippen MR) is 124 cm³/mol. The Morgan fingerprint density at radius 2 is 1.78 bits per heavy atom. The molecule has 0 radical (unpaired) electrons. The van der Waals surface area contributed by atoms with E-state index >= 15 is 0 Å². The van der Waals surface area contributed by atoms with E-state index < -0.39 is 11.4 Å². The van der Waals surface area contributed by atoms with Crippen molar-refractivity contribution in [2.24, 2.45) is 0 Å². The molecule has 1 N–H and O–H groups in total. The molecular formula is C25H33NO5S. The van der Waals surface area contributed by atoms with E-state index in [4.69, 9.17) is 19.2 Å². The van der Waals surface area contributed by atoms with Gasteiger partial charge in [-0.05, 0) is 63.6 Å². The second-order valence-corrected chi connectivity index (χ2v) is 10.4. The number of aryl methyl sites for hydroxylation is 1. The van der Waals surface area contributed by atoms with E-state index in [1.807, 2.05) is 13.8 Å². The van der Waals surface area contributed by atoms with Crippen LogP contribution in [0, 0.1) is 13.8 Å². The second-order valence-electron chi connectivity index (χ2n) is 9.10. The van der Waals surface area contributed by atoms with E-state index in [1.54, 1.807) is 25.6 Å². The molecule has 6 nitrogen and oxygen atoms in total. The minimum atomic E-state index is -0.766. The zero-order valence-corrected chi connectivity index (χ0v) is 20.2. The van der Waals surface area contributed by atoms with Crippen molar-refractivity contribution in [3.63, 3.8) is 0 Å². The Kier molecular flexibility index (Phi) is 6.77. The molecule has 1 aromatic heterocycles. The molecule has 1 heterocycles. The number of aromatic nitrogens is 1. The maximum absolute atomic E-state index is 11.8. The Bertz CT molecular complexity index is 950. The standard InChI is InChI=1S/C25H33NO5S/c1-15-20(29-3)12-17(13-21(15)30-4)11-19(31-18-7-5-6-8-18)14-22-26-23(16(2)32-22)25(9-10-25)24(27)28/h12-13,18-19H,5-11,14H2,1-4H3,(H,27,28)/t19-/m1/s1. The Labute approximate surface area is 193 Å². The maximum Gasteiger partial charge on any atom is 0.315 e. The smallest absolute Gasteiger partial charge is 0.315 e. The maximum atomic E-state index is 11.8. The third-order valence-electron chi connectivity index (χ3n) is 6.82. The lowest BCUT2D eigenvalue weighted by Crippen LogP contribution is -2.25. The van der Waals surface area contributed by atoms with Crippen LogP contribution in [0.1, 0.15) is 65.2 Å². The molecule has 4 rings (SSSR count). The van der Waals surface area contributed by atoms with Crippen molar-refractivity contribution in [3.05, 3.63) is 38.8 Å². The highest BCUT2D eigenvalue weighted by Crippen LogP contribution is 2.50. The lowest BCUT2D eigenvalue weighted by molar-refractivity contribution is -0.140. The number of carboxylic acids is 1. The minimum absolute atomic E-state index is 0.0337. The van der Waals surface area contributed by atoms with Gasteiger partial charge in [0.2, 0.25) is 0 Å². The second kappa shape index (κ2) is 9.40. The SMILES string of the molecule is COc1cc(C[C@H](Cc2nc(C3(C(=O)O)CC3)c(C)s2)OC2CCCC2)cc(OC)c1C. The molecule has 32 heavy (non-hydrogen) atoms. The number of methoxy groups -OCH3 is 2. The number of carboxylic acid groups (broad SMARTS) is 1. The minimum Gasteiger partial charge on any atom is -0.496 e. The molecule has 1 atom stereocenters. The molecule has 0 unspecified atom stereocenters. The Balaban J connectivity index is 1.57. The van der Waals surface area contributed by atoms with Gasteiger partial charge in [-0.15, -0.1) is 11.3 Å². The molecule has 2 saturated carbocycles. The summed E-state index contributed by atoms with van der Waals surface area (Å²) in [7, 11) is 3.35. The number of ether oxygens (including phenoxy) is 3. The summed E-state index contributed by atoms with van der Waals surface area (Å²) in [5, 5.41) is 10.7. The molecule has 2 fully saturated rings. The van der Waals surface area contributed by atoms with Gasteiger partial charge in [0, 0.05) is 16.9 Å². The van der Waals surface area contributed by atoms with Crippen LogP contribution in [-0.4, -0.2) is 42.5 Å². The van der Waals surface area contributed by atoms with Crippen molar-refractivity contribution in [1.29, 1.82) is 0 Å². The molecule has 7 heteroatoms. The third kappa shape index (κ3) is 4.64. The van der Waals surface area contributed by atoms with Gasteiger partial charge in [0.15, 0.2) is 0 Å². The summed E-state index contributed by atoms with van der Waals surface area (Å²) < 4.78 is 17.7. The van der Waals surface area contributed by atoms with E-state index in [1.165, 1.54) is 12.8 Å². The summed E-state index contributed by atoms with van der Waals surface area (Å²) in [5.41, 5.74) is 2.07. The van der Waals surface area contributed by atoms with Crippen LogP contribution in [0.25, 0.3) is 0 Å². The Morgan fingerprint density at radius 1 is 1.16 bits per heavy atom. The van der Waals surface area contributed by atoms with E-state index in [-0.39, 0.29) is 12.2 Å². The summed E-state index contributed by atoms with van der Waals surface area (Å²) in [6.45, 7) is 3.98. The first-order valence-electron chi connectivity index (χ1n) is 11.4. The summed E-state index contributed by atoms with van der Waals surface area (Å²) in [5.74, 6) is 0.863. The number of rotatable bonds is 10. The van der Waals surface area contributed by atoms with Crippen LogP contribution in [0.5, 0.6) is 11.5 Å². The van der Waals surface area contributed by atoms with Gasteiger partial charge < -0.3 is 19.3 Å². The van der Waals surface area contributed by atoms with E-state index in [9.17, 15) is 9.90 Å². The highest BCUT2D eigenvalue weighted by molar-refractivity contribution is 7.11. The first-order chi connectivity index (χ1) is 15.4. The Hall–Kier alpha value is -2.12. The van der Waals surface area contributed by atoms with Gasteiger partial charge >= 0.3 is 5.97 Å². The van der Waals surface area contributed by atoms with Crippen molar-refractivity contribution in [2.45, 2.75) is 82.8 Å². The quantitative estimate of drug-likeness (QED) is 0.538. The van der Waals surface area contributed by atoms with Crippen molar-refractivity contribution < 1.29 is 24.1 Å². The lowest BCUT2D eigenvalue weighted by atomic mass is 10.0. The van der Waals surface area contributed by atoms with Crippen LogP contribution in [0.3, 0.4) is 0 Å². The summed E-state index contributed by atoms with van der Waals surface area (Å²) in [4.78, 5) is 17.6. The first kappa shape index (κ1) is 23.1. The topological polar surface area (TPSA) is 77.9 Å². The van der Waals surface area contributed by atoms with E-state index in [0.29, 0.717) is 19.3 Å². The van der Waals surface area contributed by atoms with Gasteiger partial charge in [-0.3, -0.25) is 4.79 Å². The zero-order chi connectivity index (χ0) is 22.9. The van der Waals surface area contributed by atoms with Crippen molar-refractivity contribution >= 4 is 17.3 Å². The van der Waals surface area contributed by atoms with Gasteiger partial charge in [-0.25, -0.2) is 4.98 Å². The highest BCUT2D eigenvalue weighted by atomic mass is 32.1. The van der Waals surface area contributed by atoms with Gasteiger partial charge in [-0.1, -0.05) is 12.8 Å². The molecule has 0 amide bonds. The van der Waals surface area contributed by atoms with Crippen LogP contribution < -0.4 is 9.47 Å². The summed E-state index contributed by atoms with van der Waals surface area (Å²) in [6.07, 6.45) is 7.63. The molecule has 2 aliphatic rings. The molecule has 2 aliphatic carbocycles. The van der Waals surface area contributed by atoms with Crippen LogP contribution >= 0.6 is 11.3 Å².